The second-order valence-electron chi connectivity index (χ2n) is 6.26. The van der Waals surface area contributed by atoms with Crippen molar-refractivity contribution in [1.29, 1.82) is 0 Å². The van der Waals surface area contributed by atoms with Crippen molar-refractivity contribution in [1.82, 2.24) is 20.1 Å². The Morgan fingerprint density at radius 1 is 1.19 bits per heavy atom. The minimum atomic E-state index is -0.861. The summed E-state index contributed by atoms with van der Waals surface area (Å²) < 4.78 is 1.96. The summed E-state index contributed by atoms with van der Waals surface area (Å²) in [7, 11) is 0. The third-order valence-corrected chi connectivity index (χ3v) is 5.24. The molecule has 0 bridgehead atoms. The molecule has 1 aliphatic heterocycles. The van der Waals surface area contributed by atoms with Crippen LogP contribution in [0.3, 0.4) is 0 Å². The maximum Gasteiger partial charge on any atom is 0.318 e. The quantitative estimate of drug-likeness (QED) is 0.774. The van der Waals surface area contributed by atoms with Gasteiger partial charge >= 0.3 is 6.03 Å². The van der Waals surface area contributed by atoms with Crippen LogP contribution in [-0.4, -0.2) is 45.0 Å². The molecule has 3 rings (SSSR count). The molecule has 0 spiro atoms. The zero-order valence-electron chi connectivity index (χ0n) is 14.8. The number of rotatable bonds is 5. The van der Waals surface area contributed by atoms with Crippen LogP contribution in [0.25, 0.3) is 5.69 Å². The largest absolute Gasteiger partial charge is 0.351 e. The normalized spacial score (nSPS) is 15.1. The second-order valence-corrected chi connectivity index (χ2v) is 7.57. The summed E-state index contributed by atoms with van der Waals surface area (Å²) >= 11 is 1.24. The van der Waals surface area contributed by atoms with Gasteiger partial charge in [-0.15, -0.1) is 10.2 Å². The lowest BCUT2D eigenvalue weighted by Crippen LogP contribution is -2.39. The topological polar surface area (TPSA) is 106 Å². The van der Waals surface area contributed by atoms with Gasteiger partial charge in [-0.1, -0.05) is 29.5 Å². The SMILES string of the molecule is Cc1ccc(-n2c(SC(C)C(=O)NC(N)=O)nnc2N2CCCC2)cc1. The molecule has 1 aliphatic rings. The molecule has 0 aliphatic carbocycles. The first-order chi connectivity index (χ1) is 12.5. The van der Waals surface area contributed by atoms with E-state index in [9.17, 15) is 9.59 Å². The summed E-state index contributed by atoms with van der Waals surface area (Å²) in [4.78, 5) is 25.1. The fraction of sp³-hybridized carbons (Fsp3) is 0.412. The van der Waals surface area contributed by atoms with E-state index in [0.29, 0.717) is 5.16 Å². The Bertz CT molecular complexity index is 798. The van der Waals surface area contributed by atoms with Crippen LogP contribution in [0.1, 0.15) is 25.3 Å². The minimum Gasteiger partial charge on any atom is -0.351 e. The van der Waals surface area contributed by atoms with Crippen LogP contribution in [0.2, 0.25) is 0 Å². The first kappa shape index (κ1) is 18.2. The van der Waals surface area contributed by atoms with E-state index in [0.717, 1.165) is 43.1 Å². The molecule has 1 aromatic carbocycles. The number of nitrogens with one attached hydrogen (secondary N) is 1. The monoisotopic (exact) mass is 374 g/mol. The van der Waals surface area contributed by atoms with Gasteiger partial charge in [0.15, 0.2) is 5.16 Å². The van der Waals surface area contributed by atoms with Crippen LogP contribution in [0.15, 0.2) is 29.4 Å². The summed E-state index contributed by atoms with van der Waals surface area (Å²) in [5, 5.41) is 10.8. The number of aromatic nitrogens is 3. The van der Waals surface area contributed by atoms with E-state index >= 15 is 0 Å². The second kappa shape index (κ2) is 7.77. The molecule has 1 unspecified atom stereocenters. The summed E-state index contributed by atoms with van der Waals surface area (Å²) in [6.45, 7) is 5.61. The van der Waals surface area contributed by atoms with Crippen LogP contribution in [-0.2, 0) is 4.79 Å². The number of nitrogens with two attached hydrogens (primary N) is 1. The van der Waals surface area contributed by atoms with Gasteiger partial charge in [-0.25, -0.2) is 4.79 Å². The minimum absolute atomic E-state index is 0.455. The standard InChI is InChI=1S/C17H22N6O2S/c1-11-5-7-13(8-6-11)23-16(22-9-3-4-10-22)20-21-17(23)26-12(2)14(24)19-15(18)25/h5-8,12H,3-4,9-10H2,1-2H3,(H3,18,19,24,25). The molecule has 3 N–H and O–H groups in total. The summed E-state index contributed by atoms with van der Waals surface area (Å²) in [5.74, 6) is 0.319. The zero-order valence-corrected chi connectivity index (χ0v) is 15.6. The number of carbonyl (C=O) groups excluding carboxylic acids is 2. The highest BCUT2D eigenvalue weighted by atomic mass is 32.2. The Balaban J connectivity index is 1.93. The molecule has 3 amide bonds. The number of imide groups is 1. The number of urea groups is 1. The molecular weight excluding hydrogens is 352 g/mol. The lowest BCUT2D eigenvalue weighted by Gasteiger charge is -2.19. The Kier molecular flexibility index (Phi) is 5.46. The molecule has 26 heavy (non-hydrogen) atoms. The lowest BCUT2D eigenvalue weighted by atomic mass is 10.2. The number of anilines is 1. The van der Waals surface area contributed by atoms with E-state index in [1.165, 1.54) is 11.8 Å². The van der Waals surface area contributed by atoms with Crippen molar-refractivity contribution in [2.45, 2.75) is 37.1 Å². The van der Waals surface area contributed by atoms with E-state index in [1.54, 1.807) is 6.92 Å². The number of hydrogen-bond donors (Lipinski definition) is 2. The van der Waals surface area contributed by atoms with Gasteiger partial charge in [0, 0.05) is 13.1 Å². The Hall–Kier alpha value is -2.55. The van der Waals surface area contributed by atoms with Crippen LogP contribution in [0.4, 0.5) is 10.7 Å². The molecule has 1 fully saturated rings. The number of aryl methyl sites for hydroxylation is 1. The van der Waals surface area contributed by atoms with Crippen LogP contribution in [0, 0.1) is 6.92 Å². The van der Waals surface area contributed by atoms with E-state index in [1.807, 2.05) is 35.8 Å². The third kappa shape index (κ3) is 3.98. The average molecular weight is 374 g/mol. The molecule has 1 aromatic heterocycles. The van der Waals surface area contributed by atoms with Gasteiger partial charge in [-0.05, 0) is 38.8 Å². The molecule has 0 saturated carbocycles. The fourth-order valence-corrected chi connectivity index (χ4v) is 3.68. The van der Waals surface area contributed by atoms with Gasteiger partial charge in [0.05, 0.1) is 10.9 Å². The maximum absolute atomic E-state index is 12.0. The van der Waals surface area contributed by atoms with Crippen molar-refractivity contribution >= 4 is 29.6 Å². The highest BCUT2D eigenvalue weighted by Gasteiger charge is 2.25. The smallest absolute Gasteiger partial charge is 0.318 e. The molecule has 8 nitrogen and oxygen atoms in total. The number of amides is 3. The van der Waals surface area contributed by atoms with E-state index < -0.39 is 17.2 Å². The van der Waals surface area contributed by atoms with Gasteiger partial charge < -0.3 is 10.6 Å². The Labute approximate surface area is 156 Å². The summed E-state index contributed by atoms with van der Waals surface area (Å²) in [6.07, 6.45) is 2.25. The third-order valence-electron chi connectivity index (χ3n) is 4.20. The first-order valence-corrected chi connectivity index (χ1v) is 9.38. The number of benzene rings is 1. The van der Waals surface area contributed by atoms with Crippen molar-refractivity contribution in [3.05, 3.63) is 29.8 Å². The number of thioether (sulfide) groups is 1. The maximum atomic E-state index is 12.0. The molecular formula is C17H22N6O2S. The van der Waals surface area contributed by atoms with Gasteiger partial charge in [-0.2, -0.15) is 0 Å². The molecule has 9 heteroatoms. The Morgan fingerprint density at radius 2 is 1.85 bits per heavy atom. The molecule has 138 valence electrons. The molecule has 1 atom stereocenters. The first-order valence-electron chi connectivity index (χ1n) is 8.50. The van der Waals surface area contributed by atoms with Crippen LogP contribution < -0.4 is 16.0 Å². The van der Waals surface area contributed by atoms with Gasteiger partial charge in [0.2, 0.25) is 11.9 Å². The predicted molar refractivity (Wildman–Crippen MR) is 101 cm³/mol. The summed E-state index contributed by atoms with van der Waals surface area (Å²) in [5.41, 5.74) is 7.12. The van der Waals surface area contributed by atoms with Gasteiger partial charge in [-0.3, -0.25) is 14.7 Å². The number of hydrogen-bond acceptors (Lipinski definition) is 6. The number of carbonyl (C=O) groups is 2. The van der Waals surface area contributed by atoms with Crippen molar-refractivity contribution in [3.8, 4) is 5.69 Å². The summed E-state index contributed by atoms with van der Waals surface area (Å²) in [6, 6.07) is 7.22. The molecule has 2 aromatic rings. The average Bonchev–Trinajstić information content (AvgIpc) is 3.24. The zero-order chi connectivity index (χ0) is 18.7. The van der Waals surface area contributed by atoms with Crippen molar-refractivity contribution in [3.63, 3.8) is 0 Å². The van der Waals surface area contributed by atoms with Crippen molar-refractivity contribution in [2.75, 3.05) is 18.0 Å². The molecule has 0 radical (unpaired) electrons. The molecule has 2 heterocycles. The Morgan fingerprint density at radius 3 is 2.46 bits per heavy atom. The number of nitrogens with zero attached hydrogens (tertiary/aromatic N) is 4. The van der Waals surface area contributed by atoms with Gasteiger partial charge in [0.25, 0.3) is 0 Å². The predicted octanol–water partition coefficient (Wildman–Crippen LogP) is 1.85. The highest BCUT2D eigenvalue weighted by molar-refractivity contribution is 8.00. The van der Waals surface area contributed by atoms with E-state index in [2.05, 4.69) is 20.4 Å². The van der Waals surface area contributed by atoms with Crippen molar-refractivity contribution in [2.24, 2.45) is 5.73 Å². The van der Waals surface area contributed by atoms with E-state index in [4.69, 9.17) is 5.73 Å². The van der Waals surface area contributed by atoms with Crippen molar-refractivity contribution < 1.29 is 9.59 Å². The van der Waals surface area contributed by atoms with Gasteiger partial charge in [0.1, 0.15) is 0 Å². The van der Waals surface area contributed by atoms with E-state index in [-0.39, 0.29) is 0 Å². The lowest BCUT2D eigenvalue weighted by molar-refractivity contribution is -0.119. The molecule has 1 saturated heterocycles. The van der Waals surface area contributed by atoms with Crippen LogP contribution >= 0.6 is 11.8 Å². The fourth-order valence-electron chi connectivity index (χ4n) is 2.81. The number of primary amides is 1. The highest BCUT2D eigenvalue weighted by Crippen LogP contribution is 2.30. The van der Waals surface area contributed by atoms with Crippen LogP contribution in [0.5, 0.6) is 0 Å².